The summed E-state index contributed by atoms with van der Waals surface area (Å²) in [4.78, 5) is 0. The van der Waals surface area contributed by atoms with Crippen LogP contribution in [0.2, 0.25) is 0 Å². The van der Waals surface area contributed by atoms with Gasteiger partial charge in [-0.25, -0.2) is 13.2 Å². The summed E-state index contributed by atoms with van der Waals surface area (Å²) in [5, 5.41) is 0. The molecule has 0 atom stereocenters. The van der Waals surface area contributed by atoms with Crippen molar-refractivity contribution in [3.8, 4) is 28.0 Å². The second kappa shape index (κ2) is 8.25. The van der Waals surface area contributed by atoms with Crippen molar-refractivity contribution in [2.75, 3.05) is 0 Å². The van der Waals surface area contributed by atoms with Crippen molar-refractivity contribution in [3.63, 3.8) is 0 Å². The van der Waals surface area contributed by atoms with E-state index in [2.05, 4.69) is 4.74 Å². The highest BCUT2D eigenvalue weighted by molar-refractivity contribution is 5.71. The van der Waals surface area contributed by atoms with Crippen molar-refractivity contribution in [1.29, 1.82) is 0 Å². The third kappa shape index (κ3) is 4.22. The molecule has 0 aliphatic rings. The number of rotatable bonds is 5. The van der Waals surface area contributed by atoms with E-state index < -0.39 is 29.3 Å². The SMILES string of the molecule is CCc1ccc(-c2ccc(-c3cc(F)c(OC=C(F)F)c(F)c3)c(F)c2)cc1. The third-order valence-corrected chi connectivity index (χ3v) is 4.24. The largest absolute Gasteiger partial charge is 0.453 e. The van der Waals surface area contributed by atoms with Crippen molar-refractivity contribution in [2.24, 2.45) is 0 Å². The summed E-state index contributed by atoms with van der Waals surface area (Å²) in [5.74, 6) is -4.08. The van der Waals surface area contributed by atoms with E-state index in [1.807, 2.05) is 31.2 Å². The lowest BCUT2D eigenvalue weighted by Gasteiger charge is -2.10. The molecule has 3 aromatic rings. The molecular formula is C22H15F5O. The zero-order valence-corrected chi connectivity index (χ0v) is 14.8. The Morgan fingerprint density at radius 2 is 1.36 bits per heavy atom. The lowest BCUT2D eigenvalue weighted by atomic mass is 9.98. The van der Waals surface area contributed by atoms with Gasteiger partial charge in [0.1, 0.15) is 5.82 Å². The summed E-state index contributed by atoms with van der Waals surface area (Å²) in [6, 6.07) is 13.6. The molecule has 0 radical (unpaired) electrons. The monoisotopic (exact) mass is 390 g/mol. The van der Waals surface area contributed by atoms with Gasteiger partial charge in [0, 0.05) is 5.56 Å². The van der Waals surface area contributed by atoms with Gasteiger partial charge in [-0.2, -0.15) is 8.78 Å². The summed E-state index contributed by atoms with van der Waals surface area (Å²) in [6.45, 7) is 2.03. The predicted molar refractivity (Wildman–Crippen MR) is 97.5 cm³/mol. The zero-order valence-electron chi connectivity index (χ0n) is 14.8. The molecule has 0 aromatic heterocycles. The molecule has 28 heavy (non-hydrogen) atoms. The van der Waals surface area contributed by atoms with E-state index >= 15 is 0 Å². The van der Waals surface area contributed by atoms with E-state index in [4.69, 9.17) is 0 Å². The Hall–Kier alpha value is -3.15. The molecular weight excluding hydrogens is 375 g/mol. The summed E-state index contributed by atoms with van der Waals surface area (Å²) < 4.78 is 71.0. The Labute approximate surface area is 158 Å². The van der Waals surface area contributed by atoms with E-state index in [9.17, 15) is 22.0 Å². The van der Waals surface area contributed by atoms with Gasteiger partial charge in [-0.1, -0.05) is 43.3 Å². The first kappa shape index (κ1) is 19.6. The summed E-state index contributed by atoms with van der Waals surface area (Å²) >= 11 is 0. The van der Waals surface area contributed by atoms with Crippen LogP contribution in [0.15, 0.2) is 66.9 Å². The average molecular weight is 390 g/mol. The van der Waals surface area contributed by atoms with E-state index in [0.717, 1.165) is 29.7 Å². The van der Waals surface area contributed by atoms with Gasteiger partial charge in [-0.15, -0.1) is 0 Å². The highest BCUT2D eigenvalue weighted by atomic mass is 19.3. The van der Waals surface area contributed by atoms with E-state index in [1.165, 1.54) is 12.1 Å². The molecule has 6 heteroatoms. The number of hydrogen-bond acceptors (Lipinski definition) is 1. The van der Waals surface area contributed by atoms with Crippen LogP contribution in [0.1, 0.15) is 12.5 Å². The van der Waals surface area contributed by atoms with Crippen LogP contribution in [0.3, 0.4) is 0 Å². The Morgan fingerprint density at radius 3 is 1.89 bits per heavy atom. The molecule has 0 fully saturated rings. The second-order valence-corrected chi connectivity index (χ2v) is 6.04. The Balaban J connectivity index is 1.94. The van der Waals surface area contributed by atoms with Gasteiger partial charge in [0.05, 0.1) is 0 Å². The first-order valence-electron chi connectivity index (χ1n) is 8.45. The van der Waals surface area contributed by atoms with E-state index in [0.29, 0.717) is 5.56 Å². The van der Waals surface area contributed by atoms with Crippen molar-refractivity contribution in [3.05, 3.63) is 90.0 Å². The zero-order chi connectivity index (χ0) is 20.3. The number of hydrogen-bond donors (Lipinski definition) is 0. The van der Waals surface area contributed by atoms with Crippen molar-refractivity contribution < 1.29 is 26.7 Å². The number of aryl methyl sites for hydroxylation is 1. The molecule has 0 heterocycles. The lowest BCUT2D eigenvalue weighted by Crippen LogP contribution is -1.95. The molecule has 0 aliphatic heterocycles. The minimum atomic E-state index is -2.24. The van der Waals surface area contributed by atoms with Gasteiger partial charge < -0.3 is 4.74 Å². The molecule has 0 amide bonds. The number of benzene rings is 3. The molecule has 0 N–H and O–H groups in total. The number of ether oxygens (including phenoxy) is 1. The van der Waals surface area contributed by atoms with E-state index in [1.54, 1.807) is 6.07 Å². The average Bonchev–Trinajstić information content (AvgIpc) is 2.67. The third-order valence-electron chi connectivity index (χ3n) is 4.24. The molecule has 3 rings (SSSR count). The topological polar surface area (TPSA) is 9.23 Å². The molecule has 1 nitrogen and oxygen atoms in total. The molecule has 0 saturated carbocycles. The van der Waals surface area contributed by atoms with Crippen molar-refractivity contribution in [2.45, 2.75) is 13.3 Å². The Bertz CT molecular complexity index is 999. The number of halogens is 5. The van der Waals surface area contributed by atoms with Gasteiger partial charge in [-0.05, 0) is 46.9 Å². The van der Waals surface area contributed by atoms with Crippen LogP contribution in [0, 0.1) is 17.5 Å². The normalized spacial score (nSPS) is 10.6. The fourth-order valence-corrected chi connectivity index (χ4v) is 2.79. The van der Waals surface area contributed by atoms with Crippen molar-refractivity contribution >= 4 is 0 Å². The molecule has 3 aromatic carbocycles. The molecule has 144 valence electrons. The first-order chi connectivity index (χ1) is 13.4. The quantitative estimate of drug-likeness (QED) is 0.333. The molecule has 0 saturated heterocycles. The van der Waals surface area contributed by atoms with Crippen LogP contribution >= 0.6 is 0 Å². The van der Waals surface area contributed by atoms with Gasteiger partial charge in [-0.3, -0.25) is 0 Å². The highest BCUT2D eigenvalue weighted by Crippen LogP contribution is 2.32. The van der Waals surface area contributed by atoms with Gasteiger partial charge in [0.15, 0.2) is 23.6 Å². The van der Waals surface area contributed by atoms with Crippen LogP contribution in [0.25, 0.3) is 22.3 Å². The fraction of sp³-hybridized carbons (Fsp3) is 0.0909. The van der Waals surface area contributed by atoms with Crippen LogP contribution in [0.4, 0.5) is 22.0 Å². The molecule has 0 bridgehead atoms. The van der Waals surface area contributed by atoms with Gasteiger partial charge in [0.2, 0.25) is 0 Å². The van der Waals surface area contributed by atoms with Gasteiger partial charge >= 0.3 is 6.08 Å². The first-order valence-corrected chi connectivity index (χ1v) is 8.45. The maximum atomic E-state index is 14.6. The second-order valence-electron chi connectivity index (χ2n) is 6.04. The fourth-order valence-electron chi connectivity index (χ4n) is 2.79. The van der Waals surface area contributed by atoms with E-state index in [-0.39, 0.29) is 17.4 Å². The minimum Gasteiger partial charge on any atom is -0.453 e. The summed E-state index contributed by atoms with van der Waals surface area (Å²) in [7, 11) is 0. The van der Waals surface area contributed by atoms with Crippen LogP contribution in [-0.4, -0.2) is 0 Å². The standard InChI is InChI=1S/C22H15F5O/c1-2-13-3-5-14(6-4-13)15-7-8-17(18(23)9-15)16-10-19(24)22(20(25)11-16)28-12-21(26)27/h3-12H,2H2,1H3. The summed E-state index contributed by atoms with van der Waals surface area (Å²) in [5.41, 5.74) is 2.48. The lowest BCUT2D eigenvalue weighted by molar-refractivity contribution is 0.344. The molecule has 0 aliphatic carbocycles. The van der Waals surface area contributed by atoms with Crippen LogP contribution in [-0.2, 0) is 6.42 Å². The smallest absolute Gasteiger partial charge is 0.305 e. The van der Waals surface area contributed by atoms with Gasteiger partial charge in [0.25, 0.3) is 0 Å². The van der Waals surface area contributed by atoms with Crippen molar-refractivity contribution in [1.82, 2.24) is 0 Å². The highest BCUT2D eigenvalue weighted by Gasteiger charge is 2.16. The van der Waals surface area contributed by atoms with Crippen LogP contribution in [0.5, 0.6) is 5.75 Å². The Morgan fingerprint density at radius 1 is 0.786 bits per heavy atom. The Kier molecular flexibility index (Phi) is 5.78. The maximum absolute atomic E-state index is 14.6. The molecule has 0 spiro atoms. The van der Waals surface area contributed by atoms with Crippen LogP contribution < -0.4 is 4.74 Å². The minimum absolute atomic E-state index is 0.0227. The predicted octanol–water partition coefficient (Wildman–Crippen LogP) is 7.12. The molecule has 0 unspecified atom stereocenters. The summed E-state index contributed by atoms with van der Waals surface area (Å²) in [6.07, 6.45) is -1.42. The maximum Gasteiger partial charge on any atom is 0.305 e.